The van der Waals surface area contributed by atoms with Gasteiger partial charge in [-0.05, 0) is 19.1 Å². The number of benzene rings is 2. The monoisotopic (exact) mass is 388 g/mol. The Balaban J connectivity index is 1.57. The van der Waals surface area contributed by atoms with Crippen molar-refractivity contribution in [3.8, 4) is 22.8 Å². The summed E-state index contributed by atoms with van der Waals surface area (Å²) in [6.45, 7) is 5.98. The highest BCUT2D eigenvalue weighted by Gasteiger charge is 2.18. The number of nitrogens with zero attached hydrogens (tertiary/aromatic N) is 3. The Bertz CT molecular complexity index is 1140. The summed E-state index contributed by atoms with van der Waals surface area (Å²) >= 11 is 0. The second kappa shape index (κ2) is 7.71. The summed E-state index contributed by atoms with van der Waals surface area (Å²) in [5, 5.41) is 10.7. The molecule has 1 N–H and O–H groups in total. The molecule has 1 amide bonds. The molecule has 2 heterocycles. The number of hydrogen-bond donors (Lipinski definition) is 1. The van der Waals surface area contributed by atoms with Gasteiger partial charge < -0.3 is 14.4 Å². The molecule has 0 bridgehead atoms. The first-order valence-electron chi connectivity index (χ1n) is 9.29. The average molecular weight is 388 g/mol. The highest BCUT2D eigenvalue weighted by molar-refractivity contribution is 6.05. The lowest BCUT2D eigenvalue weighted by molar-refractivity contribution is 0.101. The topological polar surface area (TPSA) is 94.1 Å². The van der Waals surface area contributed by atoms with Gasteiger partial charge in [-0.2, -0.15) is 4.98 Å². The lowest BCUT2D eigenvalue weighted by atomic mass is 10.1. The quantitative estimate of drug-likeness (QED) is 0.513. The van der Waals surface area contributed by atoms with Gasteiger partial charge in [-0.3, -0.25) is 4.79 Å². The van der Waals surface area contributed by atoms with Crippen LogP contribution in [0.15, 0.2) is 63.6 Å². The van der Waals surface area contributed by atoms with Gasteiger partial charge in [-0.1, -0.05) is 66.1 Å². The Morgan fingerprint density at radius 2 is 1.76 bits per heavy atom. The van der Waals surface area contributed by atoms with E-state index in [1.165, 1.54) is 0 Å². The van der Waals surface area contributed by atoms with E-state index in [1.807, 2.05) is 63.2 Å². The Kier molecular flexibility index (Phi) is 4.95. The fraction of sp³-hybridized carbons (Fsp3) is 0.182. The van der Waals surface area contributed by atoms with E-state index in [0.717, 1.165) is 11.1 Å². The summed E-state index contributed by atoms with van der Waals surface area (Å²) in [5.41, 5.74) is 3.38. The zero-order valence-electron chi connectivity index (χ0n) is 16.3. The van der Waals surface area contributed by atoms with Crippen LogP contribution in [0.25, 0.3) is 22.8 Å². The van der Waals surface area contributed by atoms with Crippen molar-refractivity contribution < 1.29 is 13.8 Å². The van der Waals surface area contributed by atoms with E-state index in [4.69, 9.17) is 9.05 Å². The van der Waals surface area contributed by atoms with Gasteiger partial charge in [0, 0.05) is 17.5 Å². The SMILES string of the molecule is Cc1ccc(-c2cc(C(=O)Nc3ccccc3-c3nc(C(C)C)no3)no2)cc1. The van der Waals surface area contributed by atoms with Crippen LogP contribution in [0.1, 0.15) is 41.6 Å². The maximum Gasteiger partial charge on any atom is 0.277 e. The van der Waals surface area contributed by atoms with Crippen molar-refractivity contribution in [1.29, 1.82) is 0 Å². The van der Waals surface area contributed by atoms with E-state index in [-0.39, 0.29) is 17.5 Å². The third-order valence-electron chi connectivity index (χ3n) is 4.44. The molecule has 0 saturated heterocycles. The fourth-order valence-electron chi connectivity index (χ4n) is 2.78. The van der Waals surface area contributed by atoms with Crippen LogP contribution in [0.4, 0.5) is 5.69 Å². The first kappa shape index (κ1) is 18.6. The molecule has 146 valence electrons. The molecule has 0 aliphatic carbocycles. The Hall–Kier alpha value is -3.74. The van der Waals surface area contributed by atoms with Gasteiger partial charge >= 0.3 is 0 Å². The molecule has 0 fully saturated rings. The zero-order valence-corrected chi connectivity index (χ0v) is 16.3. The minimum Gasteiger partial charge on any atom is -0.355 e. The number of carbonyl (C=O) groups excluding carboxylic acids is 1. The molecule has 0 aliphatic heterocycles. The van der Waals surface area contributed by atoms with Crippen LogP contribution in [0, 0.1) is 6.92 Å². The summed E-state index contributed by atoms with van der Waals surface area (Å²) in [6.07, 6.45) is 0. The smallest absolute Gasteiger partial charge is 0.277 e. The van der Waals surface area contributed by atoms with Crippen LogP contribution in [0.5, 0.6) is 0 Å². The Morgan fingerprint density at radius 1 is 1.00 bits per heavy atom. The second-order valence-corrected chi connectivity index (χ2v) is 7.05. The molecule has 0 unspecified atom stereocenters. The highest BCUT2D eigenvalue weighted by atomic mass is 16.5. The van der Waals surface area contributed by atoms with Crippen LogP contribution in [0.3, 0.4) is 0 Å². The molecule has 0 saturated carbocycles. The summed E-state index contributed by atoms with van der Waals surface area (Å²) in [5.74, 6) is 1.25. The van der Waals surface area contributed by atoms with Crippen LogP contribution in [0.2, 0.25) is 0 Å². The molecule has 7 heteroatoms. The Morgan fingerprint density at radius 3 is 2.48 bits per heavy atom. The van der Waals surface area contributed by atoms with Crippen molar-refractivity contribution in [2.45, 2.75) is 26.7 Å². The normalized spacial score (nSPS) is 11.0. The van der Waals surface area contributed by atoms with E-state index in [9.17, 15) is 4.79 Å². The number of aromatic nitrogens is 3. The predicted molar refractivity (Wildman–Crippen MR) is 108 cm³/mol. The fourth-order valence-corrected chi connectivity index (χ4v) is 2.78. The van der Waals surface area contributed by atoms with E-state index in [0.29, 0.717) is 28.7 Å². The first-order valence-corrected chi connectivity index (χ1v) is 9.29. The molecular formula is C22H20N4O3. The molecule has 4 aromatic rings. The number of aryl methyl sites for hydroxylation is 1. The van der Waals surface area contributed by atoms with Gasteiger partial charge in [-0.15, -0.1) is 0 Å². The maximum absolute atomic E-state index is 12.7. The number of hydrogen-bond acceptors (Lipinski definition) is 6. The predicted octanol–water partition coefficient (Wildman–Crippen LogP) is 5.08. The van der Waals surface area contributed by atoms with Gasteiger partial charge in [0.1, 0.15) is 0 Å². The van der Waals surface area contributed by atoms with E-state index in [2.05, 4.69) is 20.6 Å². The van der Waals surface area contributed by atoms with E-state index < -0.39 is 0 Å². The minimum absolute atomic E-state index is 0.143. The summed E-state index contributed by atoms with van der Waals surface area (Å²) in [7, 11) is 0. The third kappa shape index (κ3) is 3.94. The van der Waals surface area contributed by atoms with Gasteiger partial charge in [0.2, 0.25) is 0 Å². The van der Waals surface area contributed by atoms with Crippen LogP contribution < -0.4 is 5.32 Å². The first-order chi connectivity index (χ1) is 14.0. The number of rotatable bonds is 5. The molecule has 0 radical (unpaired) electrons. The van der Waals surface area contributed by atoms with Crippen molar-refractivity contribution in [1.82, 2.24) is 15.3 Å². The molecule has 0 atom stereocenters. The number of anilines is 1. The molecule has 4 rings (SSSR count). The molecule has 2 aromatic carbocycles. The van der Waals surface area contributed by atoms with Crippen LogP contribution in [-0.4, -0.2) is 21.2 Å². The van der Waals surface area contributed by atoms with Gasteiger partial charge in [0.05, 0.1) is 11.3 Å². The van der Waals surface area contributed by atoms with Crippen molar-refractivity contribution in [2.24, 2.45) is 0 Å². The van der Waals surface area contributed by atoms with Crippen molar-refractivity contribution >= 4 is 11.6 Å². The van der Waals surface area contributed by atoms with Gasteiger partial charge in [-0.25, -0.2) is 0 Å². The van der Waals surface area contributed by atoms with Gasteiger partial charge in [0.25, 0.3) is 11.8 Å². The number of para-hydroxylation sites is 1. The molecule has 0 spiro atoms. The van der Waals surface area contributed by atoms with Crippen molar-refractivity contribution in [3.05, 3.63) is 71.7 Å². The summed E-state index contributed by atoms with van der Waals surface area (Å²) in [6, 6.07) is 16.7. The molecular weight excluding hydrogens is 368 g/mol. The summed E-state index contributed by atoms with van der Waals surface area (Å²) in [4.78, 5) is 17.1. The van der Waals surface area contributed by atoms with Gasteiger partial charge in [0.15, 0.2) is 17.3 Å². The number of nitrogens with one attached hydrogen (secondary N) is 1. The second-order valence-electron chi connectivity index (χ2n) is 7.05. The zero-order chi connectivity index (χ0) is 20.4. The number of amides is 1. The van der Waals surface area contributed by atoms with Crippen LogP contribution >= 0.6 is 0 Å². The highest BCUT2D eigenvalue weighted by Crippen LogP contribution is 2.28. The number of carbonyl (C=O) groups is 1. The van der Waals surface area contributed by atoms with Crippen molar-refractivity contribution in [3.63, 3.8) is 0 Å². The molecule has 29 heavy (non-hydrogen) atoms. The minimum atomic E-state index is -0.386. The molecule has 7 nitrogen and oxygen atoms in total. The molecule has 2 aromatic heterocycles. The maximum atomic E-state index is 12.7. The standard InChI is InChI=1S/C22H20N4O3/c1-13(2)20-24-22(29-26-20)16-6-4-5-7-17(16)23-21(27)18-12-19(28-25-18)15-10-8-14(3)9-11-15/h4-13H,1-3H3,(H,23,27). The van der Waals surface area contributed by atoms with Crippen molar-refractivity contribution in [2.75, 3.05) is 5.32 Å². The lowest BCUT2D eigenvalue weighted by Gasteiger charge is -2.06. The Labute approximate surface area is 167 Å². The van der Waals surface area contributed by atoms with Crippen LogP contribution in [-0.2, 0) is 0 Å². The van der Waals surface area contributed by atoms with E-state index >= 15 is 0 Å². The molecule has 0 aliphatic rings. The lowest BCUT2D eigenvalue weighted by Crippen LogP contribution is -2.12. The summed E-state index contributed by atoms with van der Waals surface area (Å²) < 4.78 is 10.7. The van der Waals surface area contributed by atoms with E-state index in [1.54, 1.807) is 12.1 Å². The third-order valence-corrected chi connectivity index (χ3v) is 4.44. The largest absolute Gasteiger partial charge is 0.355 e. The average Bonchev–Trinajstić information content (AvgIpc) is 3.39.